The molecule has 2 atom stereocenters. The number of carbonyl (C=O) groups is 3. The summed E-state index contributed by atoms with van der Waals surface area (Å²) in [4.78, 5) is 44.3. The molecule has 1 saturated carbocycles. The second-order valence-electron chi connectivity index (χ2n) is 11.2. The summed E-state index contributed by atoms with van der Waals surface area (Å²) in [7, 11) is 3.18. The lowest BCUT2D eigenvalue weighted by Gasteiger charge is -2.44. The first kappa shape index (κ1) is 31.5. The molecule has 2 aliphatic rings. The molecule has 2 fully saturated rings. The number of hydrogen-bond donors (Lipinski definition) is 1. The molecule has 3 amide bonds. The highest BCUT2D eigenvalue weighted by molar-refractivity contribution is 5.95. The largest absolute Gasteiger partial charge is 0.493 e. The Kier molecular flexibility index (Phi) is 11.9. The SMILES string of the molecule is CCCN(CC1CC1)C(=O)C[C@@H]1CC[C@@H](N(C(=O)c2ccc(OC)c(OCCCOC)c2)C(C)C)CN1C(=O)O. The van der Waals surface area contributed by atoms with E-state index in [-0.39, 0.29) is 36.9 Å². The van der Waals surface area contributed by atoms with Crippen molar-refractivity contribution < 1.29 is 33.7 Å². The van der Waals surface area contributed by atoms with E-state index in [2.05, 4.69) is 6.92 Å². The van der Waals surface area contributed by atoms with Gasteiger partial charge >= 0.3 is 6.09 Å². The van der Waals surface area contributed by atoms with Crippen LogP contribution in [0.25, 0.3) is 0 Å². The van der Waals surface area contributed by atoms with Gasteiger partial charge < -0.3 is 34.0 Å². The van der Waals surface area contributed by atoms with Gasteiger partial charge in [-0.2, -0.15) is 0 Å². The first-order valence-corrected chi connectivity index (χ1v) is 14.6. The second-order valence-corrected chi connectivity index (χ2v) is 11.2. The Labute approximate surface area is 238 Å². The van der Waals surface area contributed by atoms with Gasteiger partial charge in [0.15, 0.2) is 11.5 Å². The van der Waals surface area contributed by atoms with Crippen molar-refractivity contribution in [2.24, 2.45) is 5.92 Å². The Morgan fingerprint density at radius 3 is 2.42 bits per heavy atom. The number of benzene rings is 1. The van der Waals surface area contributed by atoms with Crippen LogP contribution in [0, 0.1) is 5.92 Å². The first-order chi connectivity index (χ1) is 19.2. The second kappa shape index (κ2) is 15.1. The standard InChI is InChI=1S/C30H47N3O7/c1-6-14-31(19-22-8-9-22)28(34)18-24-11-12-25(20-32(24)30(36)37)33(21(2)3)29(35)23-10-13-26(39-5)27(17-23)40-16-7-15-38-4/h10,13,17,21-22,24-25H,6-9,11-12,14-16,18-20H2,1-5H3,(H,36,37)/t24-,25+/m0/s1. The first-order valence-electron chi connectivity index (χ1n) is 14.6. The van der Waals surface area contributed by atoms with Crippen molar-refractivity contribution in [1.29, 1.82) is 0 Å². The topological polar surface area (TPSA) is 109 Å². The van der Waals surface area contributed by atoms with E-state index in [1.54, 1.807) is 37.3 Å². The van der Waals surface area contributed by atoms with E-state index >= 15 is 0 Å². The molecule has 3 rings (SSSR count). The zero-order valence-corrected chi connectivity index (χ0v) is 24.8. The van der Waals surface area contributed by atoms with Crippen LogP contribution in [0.3, 0.4) is 0 Å². The maximum Gasteiger partial charge on any atom is 0.407 e. The molecule has 1 aromatic carbocycles. The molecule has 40 heavy (non-hydrogen) atoms. The minimum atomic E-state index is -1.06. The molecule has 10 heteroatoms. The van der Waals surface area contributed by atoms with Crippen molar-refractivity contribution >= 4 is 17.9 Å². The fourth-order valence-electron chi connectivity index (χ4n) is 5.49. The Bertz CT molecular complexity index is 998. The van der Waals surface area contributed by atoms with Crippen molar-refractivity contribution in [2.75, 3.05) is 47.1 Å². The molecule has 1 saturated heterocycles. The molecule has 1 heterocycles. The molecule has 0 unspecified atom stereocenters. The smallest absolute Gasteiger partial charge is 0.407 e. The number of piperidine rings is 1. The van der Waals surface area contributed by atoms with E-state index < -0.39 is 12.1 Å². The summed E-state index contributed by atoms with van der Waals surface area (Å²) in [5, 5.41) is 10.1. The number of carboxylic acid groups (broad SMARTS) is 1. The lowest BCUT2D eigenvalue weighted by Crippen LogP contribution is -2.57. The summed E-state index contributed by atoms with van der Waals surface area (Å²) in [6.07, 6.45) is 4.18. The zero-order chi connectivity index (χ0) is 29.2. The Morgan fingerprint density at radius 2 is 1.82 bits per heavy atom. The number of carbonyl (C=O) groups excluding carboxylic acids is 2. The Balaban J connectivity index is 1.73. The van der Waals surface area contributed by atoms with Crippen LogP contribution in [0.5, 0.6) is 11.5 Å². The van der Waals surface area contributed by atoms with Gasteiger partial charge in [0.1, 0.15) is 0 Å². The third-order valence-electron chi connectivity index (χ3n) is 7.70. The van der Waals surface area contributed by atoms with Gasteiger partial charge in [-0.05, 0) is 70.1 Å². The molecule has 1 aliphatic heterocycles. The fourth-order valence-corrected chi connectivity index (χ4v) is 5.49. The van der Waals surface area contributed by atoms with Gasteiger partial charge in [0.25, 0.3) is 5.91 Å². The number of likely N-dealkylation sites (tertiary alicyclic amines) is 1. The number of ether oxygens (including phenoxy) is 3. The van der Waals surface area contributed by atoms with Crippen LogP contribution in [-0.2, 0) is 9.53 Å². The average Bonchev–Trinajstić information content (AvgIpc) is 3.75. The van der Waals surface area contributed by atoms with Crippen molar-refractivity contribution in [2.45, 2.75) is 83.8 Å². The van der Waals surface area contributed by atoms with Gasteiger partial charge in [0.2, 0.25) is 5.91 Å². The molecule has 1 aromatic rings. The fraction of sp³-hybridized carbons (Fsp3) is 0.700. The Morgan fingerprint density at radius 1 is 1.07 bits per heavy atom. The summed E-state index contributed by atoms with van der Waals surface area (Å²) in [5.74, 6) is 1.43. The number of methoxy groups -OCH3 is 2. The molecule has 1 aliphatic carbocycles. The summed E-state index contributed by atoms with van der Waals surface area (Å²) in [6, 6.07) is 4.26. The monoisotopic (exact) mass is 561 g/mol. The van der Waals surface area contributed by atoms with E-state index in [0.29, 0.717) is 62.0 Å². The van der Waals surface area contributed by atoms with Gasteiger partial charge in [-0.25, -0.2) is 4.79 Å². The summed E-state index contributed by atoms with van der Waals surface area (Å²) in [6.45, 7) is 8.55. The summed E-state index contributed by atoms with van der Waals surface area (Å²) in [5.41, 5.74) is 0.450. The highest BCUT2D eigenvalue weighted by atomic mass is 16.5. The van der Waals surface area contributed by atoms with Gasteiger partial charge in [0.05, 0.1) is 19.8 Å². The van der Waals surface area contributed by atoms with Gasteiger partial charge in [-0.15, -0.1) is 0 Å². The van der Waals surface area contributed by atoms with Crippen molar-refractivity contribution in [1.82, 2.24) is 14.7 Å². The minimum absolute atomic E-state index is 0.0245. The molecular weight excluding hydrogens is 514 g/mol. The van der Waals surface area contributed by atoms with E-state index in [9.17, 15) is 19.5 Å². The van der Waals surface area contributed by atoms with Crippen LogP contribution in [0.4, 0.5) is 4.79 Å². The van der Waals surface area contributed by atoms with Crippen LogP contribution in [0.2, 0.25) is 0 Å². The number of hydrogen-bond acceptors (Lipinski definition) is 6. The van der Waals surface area contributed by atoms with Crippen molar-refractivity contribution in [3.05, 3.63) is 23.8 Å². The quantitative estimate of drug-likeness (QED) is 0.314. The number of nitrogens with zero attached hydrogens (tertiary/aromatic N) is 3. The molecule has 10 nitrogen and oxygen atoms in total. The minimum Gasteiger partial charge on any atom is -0.493 e. The molecule has 224 valence electrons. The zero-order valence-electron chi connectivity index (χ0n) is 24.8. The molecular formula is C30H47N3O7. The highest BCUT2D eigenvalue weighted by Crippen LogP contribution is 2.32. The van der Waals surface area contributed by atoms with Crippen molar-refractivity contribution in [3.8, 4) is 11.5 Å². The highest BCUT2D eigenvalue weighted by Gasteiger charge is 2.39. The van der Waals surface area contributed by atoms with E-state index in [4.69, 9.17) is 14.2 Å². The average molecular weight is 562 g/mol. The predicted molar refractivity (Wildman–Crippen MR) is 152 cm³/mol. The van der Waals surface area contributed by atoms with Crippen molar-refractivity contribution in [3.63, 3.8) is 0 Å². The van der Waals surface area contributed by atoms with Crippen LogP contribution < -0.4 is 9.47 Å². The van der Waals surface area contributed by atoms with Crippen LogP contribution in [0.15, 0.2) is 18.2 Å². The molecule has 1 N–H and O–H groups in total. The van der Waals surface area contributed by atoms with Crippen LogP contribution >= 0.6 is 0 Å². The number of amides is 3. The summed E-state index contributed by atoms with van der Waals surface area (Å²) >= 11 is 0. The lowest BCUT2D eigenvalue weighted by molar-refractivity contribution is -0.133. The lowest BCUT2D eigenvalue weighted by atomic mass is 9.93. The van der Waals surface area contributed by atoms with Gasteiger partial charge in [-0.3, -0.25) is 9.59 Å². The maximum atomic E-state index is 13.8. The third-order valence-corrected chi connectivity index (χ3v) is 7.70. The molecule has 0 bridgehead atoms. The van der Waals surface area contributed by atoms with Crippen LogP contribution in [-0.4, -0.2) is 103 Å². The molecule has 0 spiro atoms. The summed E-state index contributed by atoms with van der Waals surface area (Å²) < 4.78 is 16.4. The third kappa shape index (κ3) is 8.49. The Hall–Kier alpha value is -3.01. The van der Waals surface area contributed by atoms with E-state index in [0.717, 1.165) is 25.8 Å². The maximum absolute atomic E-state index is 13.8. The number of rotatable bonds is 15. The van der Waals surface area contributed by atoms with Crippen LogP contribution in [0.1, 0.15) is 76.1 Å². The normalized spacial score (nSPS) is 18.9. The molecule has 0 aromatic heterocycles. The van der Waals surface area contributed by atoms with Gasteiger partial charge in [0, 0.05) is 63.8 Å². The van der Waals surface area contributed by atoms with E-state index in [1.807, 2.05) is 18.7 Å². The predicted octanol–water partition coefficient (Wildman–Crippen LogP) is 4.51. The molecule has 0 radical (unpaired) electrons. The van der Waals surface area contributed by atoms with Gasteiger partial charge in [-0.1, -0.05) is 6.92 Å². The van der Waals surface area contributed by atoms with E-state index in [1.165, 1.54) is 4.90 Å².